The van der Waals surface area contributed by atoms with E-state index in [1.54, 1.807) is 21.3 Å². The number of aryl methyl sites for hydroxylation is 1. The molecule has 19 heavy (non-hydrogen) atoms. The minimum absolute atomic E-state index is 0.704. The van der Waals surface area contributed by atoms with Gasteiger partial charge in [0, 0.05) is 6.07 Å². The Kier molecular flexibility index (Phi) is 7.11. The minimum atomic E-state index is 0.704. The normalized spacial score (nSPS) is 10.3. The van der Waals surface area contributed by atoms with Crippen LogP contribution in [0.25, 0.3) is 0 Å². The lowest BCUT2D eigenvalue weighted by molar-refractivity contribution is 0.347. The van der Waals surface area contributed by atoms with Crippen molar-refractivity contribution < 1.29 is 14.2 Å². The van der Waals surface area contributed by atoms with E-state index in [2.05, 4.69) is 12.2 Å². The van der Waals surface area contributed by atoms with Gasteiger partial charge in [0.15, 0.2) is 11.5 Å². The van der Waals surface area contributed by atoms with Gasteiger partial charge in [-0.1, -0.05) is 6.92 Å². The molecule has 0 bridgehead atoms. The topological polar surface area (TPSA) is 39.7 Å². The SMILES string of the molecule is CCNCCCCc1cc(OC)c(OC)cc1OC. The second kappa shape index (κ2) is 8.64. The van der Waals surface area contributed by atoms with Crippen molar-refractivity contribution in [2.24, 2.45) is 0 Å². The fraction of sp³-hybridized carbons (Fsp3) is 0.600. The molecular formula is C15H25NO3. The average molecular weight is 267 g/mol. The third-order valence-corrected chi connectivity index (χ3v) is 3.09. The molecule has 0 aromatic heterocycles. The first-order valence-corrected chi connectivity index (χ1v) is 6.76. The second-order valence-electron chi connectivity index (χ2n) is 4.33. The zero-order chi connectivity index (χ0) is 14.1. The Morgan fingerprint density at radius 3 is 2.11 bits per heavy atom. The van der Waals surface area contributed by atoms with Gasteiger partial charge in [0.05, 0.1) is 21.3 Å². The van der Waals surface area contributed by atoms with Crippen LogP contribution < -0.4 is 19.5 Å². The maximum Gasteiger partial charge on any atom is 0.164 e. The molecule has 4 nitrogen and oxygen atoms in total. The van der Waals surface area contributed by atoms with Gasteiger partial charge in [-0.2, -0.15) is 0 Å². The zero-order valence-corrected chi connectivity index (χ0v) is 12.4. The van der Waals surface area contributed by atoms with Crippen molar-refractivity contribution >= 4 is 0 Å². The van der Waals surface area contributed by atoms with Gasteiger partial charge in [0.2, 0.25) is 0 Å². The van der Waals surface area contributed by atoms with Gasteiger partial charge in [-0.3, -0.25) is 0 Å². The molecule has 0 unspecified atom stereocenters. The molecule has 1 N–H and O–H groups in total. The summed E-state index contributed by atoms with van der Waals surface area (Å²) in [4.78, 5) is 0. The molecular weight excluding hydrogens is 242 g/mol. The highest BCUT2D eigenvalue weighted by Crippen LogP contribution is 2.35. The van der Waals surface area contributed by atoms with Crippen LogP contribution in [-0.4, -0.2) is 34.4 Å². The second-order valence-corrected chi connectivity index (χ2v) is 4.33. The Bertz CT molecular complexity index is 380. The first-order valence-electron chi connectivity index (χ1n) is 6.76. The zero-order valence-electron chi connectivity index (χ0n) is 12.4. The van der Waals surface area contributed by atoms with E-state index >= 15 is 0 Å². The molecule has 0 aliphatic heterocycles. The van der Waals surface area contributed by atoms with Crippen LogP contribution in [-0.2, 0) is 6.42 Å². The molecule has 0 heterocycles. The van der Waals surface area contributed by atoms with E-state index in [1.165, 1.54) is 0 Å². The molecule has 0 aliphatic rings. The quantitative estimate of drug-likeness (QED) is 0.698. The summed E-state index contributed by atoms with van der Waals surface area (Å²) in [5.74, 6) is 2.32. The number of hydrogen-bond donors (Lipinski definition) is 1. The van der Waals surface area contributed by atoms with E-state index in [0.29, 0.717) is 5.75 Å². The number of unbranched alkanes of at least 4 members (excludes halogenated alkanes) is 1. The van der Waals surface area contributed by atoms with E-state index < -0.39 is 0 Å². The lowest BCUT2D eigenvalue weighted by Crippen LogP contribution is -2.14. The molecule has 0 atom stereocenters. The number of methoxy groups -OCH3 is 3. The van der Waals surface area contributed by atoms with Crippen molar-refractivity contribution in [1.82, 2.24) is 5.32 Å². The van der Waals surface area contributed by atoms with Crippen LogP contribution in [0.2, 0.25) is 0 Å². The molecule has 0 spiro atoms. The largest absolute Gasteiger partial charge is 0.496 e. The van der Waals surface area contributed by atoms with E-state index in [-0.39, 0.29) is 0 Å². The summed E-state index contributed by atoms with van der Waals surface area (Å²) < 4.78 is 16.0. The molecule has 0 fully saturated rings. The summed E-state index contributed by atoms with van der Waals surface area (Å²) >= 11 is 0. The van der Waals surface area contributed by atoms with E-state index in [9.17, 15) is 0 Å². The molecule has 108 valence electrons. The van der Waals surface area contributed by atoms with Gasteiger partial charge in [-0.05, 0) is 44.0 Å². The highest BCUT2D eigenvalue weighted by molar-refractivity contribution is 5.50. The van der Waals surface area contributed by atoms with Gasteiger partial charge in [-0.15, -0.1) is 0 Å². The Morgan fingerprint density at radius 1 is 0.895 bits per heavy atom. The molecule has 0 aliphatic carbocycles. The molecule has 1 aromatic rings. The summed E-state index contributed by atoms with van der Waals surface area (Å²) in [6, 6.07) is 3.89. The van der Waals surface area contributed by atoms with Crippen molar-refractivity contribution in [3.05, 3.63) is 17.7 Å². The van der Waals surface area contributed by atoms with Gasteiger partial charge in [-0.25, -0.2) is 0 Å². The smallest absolute Gasteiger partial charge is 0.164 e. The molecule has 0 radical (unpaired) electrons. The van der Waals surface area contributed by atoms with Crippen LogP contribution in [0.5, 0.6) is 17.2 Å². The van der Waals surface area contributed by atoms with E-state index in [0.717, 1.165) is 49.4 Å². The van der Waals surface area contributed by atoms with Crippen LogP contribution in [0.4, 0.5) is 0 Å². The highest BCUT2D eigenvalue weighted by atomic mass is 16.5. The van der Waals surface area contributed by atoms with E-state index in [4.69, 9.17) is 14.2 Å². The highest BCUT2D eigenvalue weighted by Gasteiger charge is 2.11. The predicted molar refractivity (Wildman–Crippen MR) is 77.6 cm³/mol. The first-order chi connectivity index (χ1) is 9.26. The van der Waals surface area contributed by atoms with Crippen molar-refractivity contribution in [2.75, 3.05) is 34.4 Å². The summed E-state index contributed by atoms with van der Waals surface area (Å²) in [5, 5.41) is 3.33. The van der Waals surface area contributed by atoms with Crippen LogP contribution in [0.1, 0.15) is 25.3 Å². The van der Waals surface area contributed by atoms with Crippen molar-refractivity contribution in [3.8, 4) is 17.2 Å². The van der Waals surface area contributed by atoms with Crippen molar-refractivity contribution in [1.29, 1.82) is 0 Å². The van der Waals surface area contributed by atoms with Crippen LogP contribution in [0.3, 0.4) is 0 Å². The number of rotatable bonds is 9. The molecule has 4 heteroatoms. The molecule has 1 rings (SSSR count). The minimum Gasteiger partial charge on any atom is -0.496 e. The van der Waals surface area contributed by atoms with Crippen LogP contribution >= 0.6 is 0 Å². The summed E-state index contributed by atoms with van der Waals surface area (Å²) in [5.41, 5.74) is 1.16. The Balaban J connectivity index is 2.70. The standard InChI is InChI=1S/C15H25NO3/c1-5-16-9-7-6-8-12-10-14(18-3)15(19-4)11-13(12)17-2/h10-11,16H,5-9H2,1-4H3. The Labute approximate surface area is 116 Å². The Hall–Kier alpha value is -1.42. The molecule has 1 aromatic carbocycles. The summed E-state index contributed by atoms with van der Waals surface area (Å²) in [6.07, 6.45) is 3.26. The summed E-state index contributed by atoms with van der Waals surface area (Å²) in [7, 11) is 4.97. The van der Waals surface area contributed by atoms with Gasteiger partial charge < -0.3 is 19.5 Å². The van der Waals surface area contributed by atoms with Crippen LogP contribution in [0, 0.1) is 0 Å². The lowest BCUT2D eigenvalue weighted by Gasteiger charge is -2.14. The fourth-order valence-corrected chi connectivity index (χ4v) is 2.03. The third-order valence-electron chi connectivity index (χ3n) is 3.09. The number of hydrogen-bond acceptors (Lipinski definition) is 4. The van der Waals surface area contributed by atoms with Gasteiger partial charge in [0.25, 0.3) is 0 Å². The molecule has 0 saturated heterocycles. The van der Waals surface area contributed by atoms with Gasteiger partial charge >= 0.3 is 0 Å². The number of benzene rings is 1. The van der Waals surface area contributed by atoms with Gasteiger partial charge in [0.1, 0.15) is 5.75 Å². The third kappa shape index (κ3) is 4.63. The van der Waals surface area contributed by atoms with E-state index in [1.807, 2.05) is 12.1 Å². The Morgan fingerprint density at radius 2 is 1.53 bits per heavy atom. The van der Waals surface area contributed by atoms with Crippen molar-refractivity contribution in [2.45, 2.75) is 26.2 Å². The maximum absolute atomic E-state index is 5.41. The average Bonchev–Trinajstić information content (AvgIpc) is 2.46. The number of ether oxygens (including phenoxy) is 3. The maximum atomic E-state index is 5.41. The predicted octanol–water partition coefficient (Wildman–Crippen LogP) is 2.64. The first kappa shape index (κ1) is 15.6. The fourth-order valence-electron chi connectivity index (χ4n) is 2.03. The lowest BCUT2D eigenvalue weighted by atomic mass is 10.1. The van der Waals surface area contributed by atoms with Crippen molar-refractivity contribution in [3.63, 3.8) is 0 Å². The number of nitrogens with one attached hydrogen (secondary N) is 1. The summed E-state index contributed by atoms with van der Waals surface area (Å²) in [6.45, 7) is 4.21. The molecule has 0 saturated carbocycles. The van der Waals surface area contributed by atoms with Crippen LogP contribution in [0.15, 0.2) is 12.1 Å². The molecule has 0 amide bonds. The monoisotopic (exact) mass is 267 g/mol.